The van der Waals surface area contributed by atoms with Crippen molar-refractivity contribution < 1.29 is 23.3 Å². The molecule has 0 spiro atoms. The highest BCUT2D eigenvalue weighted by atomic mass is 31.2. The van der Waals surface area contributed by atoms with Crippen LogP contribution < -0.4 is 21.2 Å². The summed E-state index contributed by atoms with van der Waals surface area (Å²) in [6.45, 7) is 8.99. The fraction of sp³-hybridized carbons (Fsp3) is 0.486. The average molecular weight is 705 g/mol. The molecule has 0 aliphatic carbocycles. The molecule has 3 aliphatic heterocycles. The minimum atomic E-state index is -2.16. The summed E-state index contributed by atoms with van der Waals surface area (Å²) in [6.07, 6.45) is 2.51. The highest BCUT2D eigenvalue weighted by Gasteiger charge is 2.54. The van der Waals surface area contributed by atoms with Gasteiger partial charge in [-0.05, 0) is 25.3 Å². The van der Waals surface area contributed by atoms with E-state index in [9.17, 15) is 9.59 Å². The Balaban J connectivity index is 1.15. The van der Waals surface area contributed by atoms with E-state index in [0.717, 1.165) is 25.4 Å². The van der Waals surface area contributed by atoms with Crippen LogP contribution in [0.5, 0.6) is 0 Å². The largest absolute Gasteiger partial charge is 0.374 e. The number of H-pyrrole nitrogens is 1. The maximum absolute atomic E-state index is 12.9. The van der Waals surface area contributed by atoms with E-state index in [1.54, 1.807) is 25.5 Å². The minimum Gasteiger partial charge on any atom is -0.374 e. The maximum atomic E-state index is 12.9. The van der Waals surface area contributed by atoms with Gasteiger partial charge in [0.15, 0.2) is 17.4 Å². The molecule has 2 aromatic carbocycles. The zero-order chi connectivity index (χ0) is 34.3. The molecule has 49 heavy (non-hydrogen) atoms. The molecular formula is C35H45N6O6PSi. The van der Waals surface area contributed by atoms with Gasteiger partial charge in [-0.15, -0.1) is 0 Å². The maximum Gasteiger partial charge on any atom is 0.280 e. The van der Waals surface area contributed by atoms with Gasteiger partial charge in [0.25, 0.3) is 14.1 Å². The zero-order valence-corrected chi connectivity index (χ0v) is 30.5. The van der Waals surface area contributed by atoms with E-state index >= 15 is 0 Å². The van der Waals surface area contributed by atoms with E-state index in [1.165, 1.54) is 16.7 Å². The van der Waals surface area contributed by atoms with E-state index in [0.29, 0.717) is 12.1 Å². The standard InChI is InChI=1S/C35H45N6O6PSi/c1-6-26-29(30(44-4)34(45-26)40-21-36-28-31(40)37-35(39-33(28)43)38-32(42)22(2)3)47-48-41-19-13-18-25(41)27(46-48)20-49(5,23-14-9-7-10-15-23)24-16-11-8-12-17-24/h7-12,14-17,21-22,25-27,29-30,34H,6,13,18-20H2,1-5H3,(H2,37,38,39,42,43)/t25-,26-,27+,29?,30+,34-,48+/m1/s1. The smallest absolute Gasteiger partial charge is 0.280 e. The Morgan fingerprint density at radius 1 is 1.10 bits per heavy atom. The molecule has 0 radical (unpaired) electrons. The number of hydrogen-bond acceptors (Lipinski definition) is 9. The van der Waals surface area contributed by atoms with Crippen molar-refractivity contribution in [3.63, 3.8) is 0 Å². The molecule has 12 nitrogen and oxygen atoms in total. The number of benzene rings is 2. The molecule has 2 N–H and O–H groups in total. The lowest BCUT2D eigenvalue weighted by Gasteiger charge is -2.32. The van der Waals surface area contributed by atoms with Crippen LogP contribution in [-0.4, -0.2) is 82.3 Å². The van der Waals surface area contributed by atoms with Gasteiger partial charge < -0.3 is 18.5 Å². The summed E-state index contributed by atoms with van der Waals surface area (Å²) in [5, 5.41) is 5.48. The number of anilines is 1. The van der Waals surface area contributed by atoms with Crippen LogP contribution in [0.25, 0.3) is 11.2 Å². The average Bonchev–Trinajstić information content (AvgIpc) is 3.90. The molecule has 2 aromatic heterocycles. The van der Waals surface area contributed by atoms with Crippen LogP contribution in [0.1, 0.15) is 46.3 Å². The lowest BCUT2D eigenvalue weighted by Crippen LogP contribution is -2.58. The van der Waals surface area contributed by atoms with Gasteiger partial charge in [-0.3, -0.25) is 24.5 Å². The minimum absolute atomic E-state index is 0.0397. The van der Waals surface area contributed by atoms with Crippen LogP contribution in [0.2, 0.25) is 12.6 Å². The lowest BCUT2D eigenvalue weighted by molar-refractivity contribution is -0.118. The van der Waals surface area contributed by atoms with Crippen molar-refractivity contribution in [3.8, 4) is 0 Å². The molecule has 7 rings (SSSR count). The summed E-state index contributed by atoms with van der Waals surface area (Å²) in [4.78, 5) is 36.8. The Kier molecular flexibility index (Phi) is 9.86. The van der Waals surface area contributed by atoms with E-state index < -0.39 is 40.6 Å². The van der Waals surface area contributed by atoms with Crippen LogP contribution in [0.15, 0.2) is 71.8 Å². The Morgan fingerprint density at radius 2 is 1.80 bits per heavy atom. The number of fused-ring (bicyclic) bond motifs is 2. The predicted octanol–water partition coefficient (Wildman–Crippen LogP) is 4.40. The van der Waals surface area contributed by atoms with Gasteiger partial charge >= 0.3 is 0 Å². The fourth-order valence-electron chi connectivity index (χ4n) is 7.46. The van der Waals surface area contributed by atoms with E-state index in [4.69, 9.17) is 18.5 Å². The molecule has 5 heterocycles. The number of methoxy groups -OCH3 is 1. The molecule has 3 aliphatic rings. The first-order chi connectivity index (χ1) is 23.7. The number of aromatic nitrogens is 4. The topological polar surface area (TPSA) is 133 Å². The van der Waals surface area contributed by atoms with Crippen molar-refractivity contribution in [1.82, 2.24) is 24.2 Å². The van der Waals surface area contributed by atoms with Crippen LogP contribution >= 0.6 is 8.53 Å². The van der Waals surface area contributed by atoms with Crippen molar-refractivity contribution in [1.29, 1.82) is 0 Å². The van der Waals surface area contributed by atoms with Crippen LogP contribution in [-0.2, 0) is 23.3 Å². The van der Waals surface area contributed by atoms with Crippen molar-refractivity contribution in [3.05, 3.63) is 77.3 Å². The van der Waals surface area contributed by atoms with Gasteiger partial charge in [0, 0.05) is 25.6 Å². The summed E-state index contributed by atoms with van der Waals surface area (Å²) in [5.41, 5.74) is -0.0160. The first-order valence-electron chi connectivity index (χ1n) is 17.2. The second-order valence-electron chi connectivity index (χ2n) is 13.6. The normalized spacial score (nSPS) is 27.3. The highest BCUT2D eigenvalue weighted by molar-refractivity contribution is 7.45. The Hall–Kier alpha value is -3.29. The SMILES string of the molecule is CC[C@H]1O[C@@H](n2cnc3c(=O)[nH]c(NC(=O)C(C)C)nc32)[C@@H](OC)C1O[P@]1O[C@@H](C[Si](C)(c2ccccc2)c2ccccc2)[C@H]2CCCN21. The monoisotopic (exact) mass is 704 g/mol. The summed E-state index contributed by atoms with van der Waals surface area (Å²) in [5.74, 6) is -0.486. The molecule has 4 aromatic rings. The van der Waals surface area contributed by atoms with Crippen LogP contribution in [0.3, 0.4) is 0 Å². The molecule has 1 amide bonds. The first-order valence-corrected chi connectivity index (χ1v) is 21.0. The fourth-order valence-corrected chi connectivity index (χ4v) is 13.4. The van der Waals surface area contributed by atoms with Crippen molar-refractivity contribution in [2.45, 2.75) is 89.3 Å². The number of carbonyl (C=O) groups excluding carboxylic acids is 1. The Labute approximate surface area is 288 Å². The molecule has 14 heteroatoms. The zero-order valence-electron chi connectivity index (χ0n) is 28.6. The van der Waals surface area contributed by atoms with Crippen LogP contribution in [0.4, 0.5) is 5.95 Å². The number of hydrogen-bond donors (Lipinski definition) is 2. The molecule has 0 bridgehead atoms. The molecule has 3 fully saturated rings. The number of carbonyl (C=O) groups is 1. The van der Waals surface area contributed by atoms with Crippen LogP contribution in [0, 0.1) is 5.92 Å². The molecule has 3 saturated heterocycles. The van der Waals surface area contributed by atoms with E-state index in [1.807, 2.05) is 0 Å². The number of rotatable bonds is 11. The van der Waals surface area contributed by atoms with E-state index in [2.05, 4.69) is 99.1 Å². The number of imidazole rings is 1. The van der Waals surface area contributed by atoms with Crippen molar-refractivity contribution >= 4 is 50.0 Å². The third-order valence-corrected chi connectivity index (χ3v) is 16.4. The summed E-state index contributed by atoms with van der Waals surface area (Å²) < 4.78 is 30.8. The third kappa shape index (κ3) is 6.42. The summed E-state index contributed by atoms with van der Waals surface area (Å²) in [6, 6.07) is 23.1. The van der Waals surface area contributed by atoms with Gasteiger partial charge in [-0.2, -0.15) is 4.98 Å². The lowest BCUT2D eigenvalue weighted by atomic mass is 10.1. The summed E-state index contributed by atoms with van der Waals surface area (Å²) in [7, 11) is -1.89. The Bertz CT molecular complexity index is 1790. The quantitative estimate of drug-likeness (QED) is 0.172. The van der Waals surface area contributed by atoms with E-state index in [-0.39, 0.29) is 41.5 Å². The molecule has 0 saturated carbocycles. The second-order valence-corrected chi connectivity index (χ2v) is 19.3. The Morgan fingerprint density at radius 3 is 2.43 bits per heavy atom. The van der Waals surface area contributed by atoms with Gasteiger partial charge in [0.05, 0.1) is 18.5 Å². The van der Waals surface area contributed by atoms with Gasteiger partial charge in [0.1, 0.15) is 20.3 Å². The predicted molar refractivity (Wildman–Crippen MR) is 192 cm³/mol. The number of nitrogens with zero attached hydrogens (tertiary/aromatic N) is 4. The van der Waals surface area contributed by atoms with Crippen molar-refractivity contribution in [2.75, 3.05) is 19.0 Å². The molecule has 260 valence electrons. The number of aromatic amines is 1. The van der Waals surface area contributed by atoms with Gasteiger partial charge in [0.2, 0.25) is 11.9 Å². The molecule has 7 atom stereocenters. The molecule has 1 unspecified atom stereocenters. The number of amides is 1. The van der Waals surface area contributed by atoms with Crippen molar-refractivity contribution in [2.24, 2.45) is 5.92 Å². The first kappa shape index (κ1) is 34.2. The van der Waals surface area contributed by atoms with Gasteiger partial charge in [-0.25, -0.2) is 9.65 Å². The number of nitrogens with one attached hydrogen (secondary N) is 2. The highest BCUT2D eigenvalue weighted by Crippen LogP contribution is 2.59. The van der Waals surface area contributed by atoms with Gasteiger partial charge in [-0.1, -0.05) is 98.4 Å². The molecular weight excluding hydrogens is 659 g/mol. The summed E-state index contributed by atoms with van der Waals surface area (Å²) >= 11 is 0. The second kappa shape index (κ2) is 14.1. The third-order valence-electron chi connectivity index (χ3n) is 10.2. The number of ether oxygens (including phenoxy) is 2.